The van der Waals surface area contributed by atoms with Gasteiger partial charge in [0.25, 0.3) is 0 Å². The van der Waals surface area contributed by atoms with Crippen LogP contribution < -0.4 is 10.1 Å². The predicted molar refractivity (Wildman–Crippen MR) is 82.3 cm³/mol. The fraction of sp³-hybridized carbons (Fsp3) is 0.333. The van der Waals surface area contributed by atoms with Gasteiger partial charge in [0.05, 0.1) is 6.61 Å². The number of aryl methyl sites for hydroxylation is 1. The first-order valence-electron chi connectivity index (χ1n) is 7.40. The van der Waals surface area contributed by atoms with Crippen molar-refractivity contribution in [2.75, 3.05) is 19.7 Å². The maximum atomic E-state index is 5.70. The van der Waals surface area contributed by atoms with E-state index >= 15 is 0 Å². The lowest BCUT2D eigenvalue weighted by Gasteiger charge is -2.10. The third-order valence-corrected chi connectivity index (χ3v) is 3.85. The van der Waals surface area contributed by atoms with Crippen molar-refractivity contribution in [1.29, 1.82) is 0 Å². The molecule has 1 heterocycles. The Bertz CT molecular complexity index is 538. The molecule has 0 aromatic heterocycles. The molecule has 2 heteroatoms. The molecule has 0 saturated carbocycles. The number of hydrogen-bond acceptors (Lipinski definition) is 2. The van der Waals surface area contributed by atoms with Gasteiger partial charge in [-0.1, -0.05) is 48.5 Å². The van der Waals surface area contributed by atoms with E-state index in [1.165, 1.54) is 17.5 Å². The van der Waals surface area contributed by atoms with Crippen LogP contribution in [0, 0.1) is 0 Å². The van der Waals surface area contributed by atoms with Crippen molar-refractivity contribution in [3.05, 3.63) is 65.7 Å². The Balaban J connectivity index is 1.39. The van der Waals surface area contributed by atoms with Gasteiger partial charge in [-0.25, -0.2) is 0 Å². The second kappa shape index (κ2) is 6.58. The highest BCUT2D eigenvalue weighted by molar-refractivity contribution is 5.39. The Morgan fingerprint density at radius 1 is 1.00 bits per heavy atom. The van der Waals surface area contributed by atoms with Gasteiger partial charge in [0.1, 0.15) is 5.75 Å². The Morgan fingerprint density at radius 3 is 2.70 bits per heavy atom. The number of fused-ring (bicyclic) bond motifs is 1. The van der Waals surface area contributed by atoms with Gasteiger partial charge in [-0.2, -0.15) is 0 Å². The molecule has 0 spiro atoms. The fourth-order valence-electron chi connectivity index (χ4n) is 2.74. The monoisotopic (exact) mass is 267 g/mol. The molecule has 104 valence electrons. The lowest BCUT2D eigenvalue weighted by molar-refractivity contribution is 0.326. The van der Waals surface area contributed by atoms with Gasteiger partial charge in [0.15, 0.2) is 0 Å². The third-order valence-electron chi connectivity index (χ3n) is 3.85. The van der Waals surface area contributed by atoms with Crippen molar-refractivity contribution in [3.8, 4) is 5.75 Å². The number of ether oxygens (including phenoxy) is 1. The largest absolute Gasteiger partial charge is 0.493 e. The van der Waals surface area contributed by atoms with Crippen LogP contribution in [0.5, 0.6) is 5.75 Å². The summed E-state index contributed by atoms with van der Waals surface area (Å²) < 4.78 is 5.70. The zero-order chi connectivity index (χ0) is 13.6. The van der Waals surface area contributed by atoms with E-state index in [2.05, 4.69) is 53.8 Å². The van der Waals surface area contributed by atoms with Gasteiger partial charge < -0.3 is 10.1 Å². The maximum absolute atomic E-state index is 5.70. The summed E-state index contributed by atoms with van der Waals surface area (Å²) in [6.45, 7) is 2.88. The maximum Gasteiger partial charge on any atom is 0.122 e. The van der Waals surface area contributed by atoms with E-state index in [9.17, 15) is 0 Å². The quantitative estimate of drug-likeness (QED) is 0.810. The highest BCUT2D eigenvalue weighted by atomic mass is 16.5. The molecule has 0 fully saturated rings. The summed E-state index contributed by atoms with van der Waals surface area (Å²) >= 11 is 0. The Labute approximate surface area is 120 Å². The molecule has 0 saturated heterocycles. The second-order valence-corrected chi connectivity index (χ2v) is 5.34. The molecule has 2 aromatic carbocycles. The first-order valence-corrected chi connectivity index (χ1v) is 7.40. The predicted octanol–water partition coefficient (Wildman–Crippen LogP) is 3.39. The van der Waals surface area contributed by atoms with Crippen LogP contribution in [-0.4, -0.2) is 19.7 Å². The molecule has 1 unspecified atom stereocenters. The lowest BCUT2D eigenvalue weighted by atomic mass is 10.0. The number of para-hydroxylation sites is 1. The molecule has 0 bridgehead atoms. The van der Waals surface area contributed by atoms with Crippen LogP contribution in [0.2, 0.25) is 0 Å². The van der Waals surface area contributed by atoms with Gasteiger partial charge in [-0.05, 0) is 31.0 Å². The smallest absolute Gasteiger partial charge is 0.122 e. The molecule has 1 aliphatic rings. The third kappa shape index (κ3) is 3.20. The van der Waals surface area contributed by atoms with Crippen LogP contribution >= 0.6 is 0 Å². The summed E-state index contributed by atoms with van der Waals surface area (Å²) in [5.74, 6) is 1.56. The molecule has 1 N–H and O–H groups in total. The topological polar surface area (TPSA) is 21.3 Å². The van der Waals surface area contributed by atoms with E-state index in [1.807, 2.05) is 6.07 Å². The summed E-state index contributed by atoms with van der Waals surface area (Å²) in [4.78, 5) is 0. The number of benzene rings is 2. The Kier molecular flexibility index (Phi) is 4.34. The Morgan fingerprint density at radius 2 is 1.80 bits per heavy atom. The van der Waals surface area contributed by atoms with Gasteiger partial charge in [-0.15, -0.1) is 0 Å². The molecule has 2 nitrogen and oxygen atoms in total. The number of nitrogens with one attached hydrogen (secondary N) is 1. The molecule has 0 aliphatic carbocycles. The van der Waals surface area contributed by atoms with Crippen LogP contribution in [0.4, 0.5) is 0 Å². The summed E-state index contributed by atoms with van der Waals surface area (Å²) in [5, 5.41) is 3.56. The molecule has 20 heavy (non-hydrogen) atoms. The molecule has 2 aromatic rings. The van der Waals surface area contributed by atoms with Gasteiger partial charge in [0.2, 0.25) is 0 Å². The standard InChI is InChI=1S/C18H21NO/c1-2-7-15(8-3-1)9-6-12-19-13-16-14-20-18-11-5-4-10-17(16)18/h1-5,7-8,10-11,16,19H,6,9,12-14H2. The van der Waals surface area contributed by atoms with Crippen molar-refractivity contribution < 1.29 is 4.74 Å². The van der Waals surface area contributed by atoms with Gasteiger partial charge in [0, 0.05) is 18.0 Å². The normalized spacial score (nSPS) is 16.7. The van der Waals surface area contributed by atoms with Crippen LogP contribution in [0.25, 0.3) is 0 Å². The van der Waals surface area contributed by atoms with E-state index in [-0.39, 0.29) is 0 Å². The van der Waals surface area contributed by atoms with Crippen LogP contribution in [0.15, 0.2) is 54.6 Å². The molecule has 1 aliphatic heterocycles. The lowest BCUT2D eigenvalue weighted by Crippen LogP contribution is -2.23. The van der Waals surface area contributed by atoms with Crippen molar-refractivity contribution in [3.63, 3.8) is 0 Å². The van der Waals surface area contributed by atoms with E-state index in [1.54, 1.807) is 0 Å². The number of hydrogen-bond donors (Lipinski definition) is 1. The minimum atomic E-state index is 0.503. The molecular formula is C18H21NO. The minimum Gasteiger partial charge on any atom is -0.493 e. The van der Waals surface area contributed by atoms with Crippen LogP contribution in [0.1, 0.15) is 23.5 Å². The zero-order valence-corrected chi connectivity index (χ0v) is 11.7. The first kappa shape index (κ1) is 13.2. The molecule has 0 amide bonds. The minimum absolute atomic E-state index is 0.503. The number of rotatable bonds is 6. The summed E-state index contributed by atoms with van der Waals surface area (Å²) in [6.07, 6.45) is 2.32. The molecule has 3 rings (SSSR count). The van der Waals surface area contributed by atoms with E-state index in [0.29, 0.717) is 5.92 Å². The second-order valence-electron chi connectivity index (χ2n) is 5.34. The van der Waals surface area contributed by atoms with Crippen LogP contribution in [-0.2, 0) is 6.42 Å². The highest BCUT2D eigenvalue weighted by Crippen LogP contribution is 2.32. The zero-order valence-electron chi connectivity index (χ0n) is 11.7. The average molecular weight is 267 g/mol. The van der Waals surface area contributed by atoms with E-state index in [0.717, 1.165) is 31.9 Å². The molecule has 1 atom stereocenters. The van der Waals surface area contributed by atoms with Crippen molar-refractivity contribution in [2.45, 2.75) is 18.8 Å². The summed E-state index contributed by atoms with van der Waals surface area (Å²) in [7, 11) is 0. The Hall–Kier alpha value is -1.80. The molecular weight excluding hydrogens is 246 g/mol. The van der Waals surface area contributed by atoms with E-state index in [4.69, 9.17) is 4.74 Å². The van der Waals surface area contributed by atoms with E-state index < -0.39 is 0 Å². The van der Waals surface area contributed by atoms with Crippen molar-refractivity contribution in [1.82, 2.24) is 5.32 Å². The SMILES string of the molecule is c1ccc(CCCNCC2COc3ccccc32)cc1. The summed E-state index contributed by atoms with van der Waals surface area (Å²) in [6, 6.07) is 19.0. The summed E-state index contributed by atoms with van der Waals surface area (Å²) in [5.41, 5.74) is 2.77. The molecule has 0 radical (unpaired) electrons. The highest BCUT2D eigenvalue weighted by Gasteiger charge is 2.22. The first-order chi connectivity index (χ1) is 9.93. The van der Waals surface area contributed by atoms with Crippen molar-refractivity contribution >= 4 is 0 Å². The van der Waals surface area contributed by atoms with Gasteiger partial charge in [-0.3, -0.25) is 0 Å². The average Bonchev–Trinajstić information content (AvgIpc) is 2.91. The van der Waals surface area contributed by atoms with Crippen molar-refractivity contribution in [2.24, 2.45) is 0 Å². The van der Waals surface area contributed by atoms with Crippen LogP contribution in [0.3, 0.4) is 0 Å². The van der Waals surface area contributed by atoms with Gasteiger partial charge >= 0.3 is 0 Å². The fourth-order valence-corrected chi connectivity index (χ4v) is 2.74.